The van der Waals surface area contributed by atoms with Gasteiger partial charge in [0.15, 0.2) is 0 Å². The van der Waals surface area contributed by atoms with Crippen LogP contribution in [0.1, 0.15) is 11.1 Å². The van der Waals surface area contributed by atoms with E-state index in [4.69, 9.17) is 0 Å². The number of hydrogen-bond donors (Lipinski definition) is 0. The molecular weight excluding hydrogens is 350 g/mol. The number of benzene rings is 2. The minimum atomic E-state index is 0.959. The summed E-state index contributed by atoms with van der Waals surface area (Å²) < 4.78 is 3.15. The average Bonchev–Trinajstić information content (AvgIpc) is 3.09. The fourth-order valence-corrected chi connectivity index (χ4v) is 2.81. The summed E-state index contributed by atoms with van der Waals surface area (Å²) in [5, 5.41) is 0. The van der Waals surface area contributed by atoms with Gasteiger partial charge in [-0.2, -0.15) is 0 Å². The first-order valence-corrected chi connectivity index (χ1v) is 8.50. The smallest absolute Gasteiger partial charge is 0.0991 e. The van der Waals surface area contributed by atoms with E-state index in [1.165, 1.54) is 11.1 Å². The molecule has 118 valence electrons. The molecule has 3 aromatic rings. The van der Waals surface area contributed by atoms with Crippen LogP contribution in [0.2, 0.25) is 0 Å². The first-order chi connectivity index (χ1) is 11.2. The highest BCUT2D eigenvalue weighted by atomic mass is 79.9. The van der Waals surface area contributed by atoms with Gasteiger partial charge in [-0.1, -0.05) is 40.2 Å². The van der Waals surface area contributed by atoms with Crippen molar-refractivity contribution < 1.29 is 0 Å². The molecular formula is C19H20BrN3. The Morgan fingerprint density at radius 1 is 1.00 bits per heavy atom. The van der Waals surface area contributed by atoms with Crippen molar-refractivity contribution in [3.8, 4) is 5.69 Å². The molecule has 0 fully saturated rings. The molecule has 0 radical (unpaired) electrons. The molecule has 0 spiro atoms. The predicted molar refractivity (Wildman–Crippen MR) is 97.7 cm³/mol. The lowest BCUT2D eigenvalue weighted by molar-refractivity contribution is 0.331. The zero-order valence-electron chi connectivity index (χ0n) is 13.2. The molecule has 0 aliphatic rings. The first-order valence-electron chi connectivity index (χ1n) is 7.71. The zero-order valence-corrected chi connectivity index (χ0v) is 14.8. The van der Waals surface area contributed by atoms with Crippen LogP contribution in [-0.4, -0.2) is 28.0 Å². The summed E-state index contributed by atoms with van der Waals surface area (Å²) in [5.74, 6) is 0. The van der Waals surface area contributed by atoms with Gasteiger partial charge >= 0.3 is 0 Å². The molecule has 3 rings (SSSR count). The SMILES string of the molecule is CN(CCc1ccc(Br)cc1)Cc1ccc(-n2ccnc2)cc1. The van der Waals surface area contributed by atoms with E-state index < -0.39 is 0 Å². The molecule has 0 atom stereocenters. The van der Waals surface area contributed by atoms with E-state index >= 15 is 0 Å². The van der Waals surface area contributed by atoms with E-state index in [9.17, 15) is 0 Å². The van der Waals surface area contributed by atoms with Crippen molar-refractivity contribution in [1.82, 2.24) is 14.5 Å². The Morgan fingerprint density at radius 3 is 2.35 bits per heavy atom. The van der Waals surface area contributed by atoms with Crippen LogP contribution < -0.4 is 0 Å². The second kappa shape index (κ2) is 7.57. The Kier molecular flexibility index (Phi) is 5.26. The van der Waals surface area contributed by atoms with E-state index in [0.29, 0.717) is 0 Å². The van der Waals surface area contributed by atoms with Crippen LogP contribution in [0, 0.1) is 0 Å². The Morgan fingerprint density at radius 2 is 1.70 bits per heavy atom. The quantitative estimate of drug-likeness (QED) is 0.645. The molecule has 3 nitrogen and oxygen atoms in total. The molecule has 0 bridgehead atoms. The van der Waals surface area contributed by atoms with Gasteiger partial charge in [-0.15, -0.1) is 0 Å². The topological polar surface area (TPSA) is 21.1 Å². The van der Waals surface area contributed by atoms with Crippen molar-refractivity contribution in [3.05, 3.63) is 82.9 Å². The van der Waals surface area contributed by atoms with E-state index in [1.807, 2.05) is 17.1 Å². The lowest BCUT2D eigenvalue weighted by Crippen LogP contribution is -2.20. The molecule has 2 aromatic carbocycles. The van der Waals surface area contributed by atoms with E-state index in [0.717, 1.165) is 29.7 Å². The second-order valence-electron chi connectivity index (χ2n) is 5.75. The van der Waals surface area contributed by atoms with E-state index in [1.54, 1.807) is 6.20 Å². The zero-order chi connectivity index (χ0) is 16.1. The Hall–Kier alpha value is -1.91. The summed E-state index contributed by atoms with van der Waals surface area (Å²) in [6.07, 6.45) is 6.64. The fourth-order valence-electron chi connectivity index (χ4n) is 2.55. The third-order valence-corrected chi connectivity index (χ3v) is 4.42. The molecule has 0 amide bonds. The number of likely N-dealkylation sites (N-methyl/N-ethyl adjacent to an activating group) is 1. The monoisotopic (exact) mass is 369 g/mol. The highest BCUT2D eigenvalue weighted by Gasteiger charge is 2.02. The van der Waals surface area contributed by atoms with Gasteiger partial charge in [0, 0.05) is 35.6 Å². The maximum absolute atomic E-state index is 4.08. The summed E-state index contributed by atoms with van der Waals surface area (Å²) in [6.45, 7) is 2.01. The van der Waals surface area contributed by atoms with Crippen molar-refractivity contribution in [1.29, 1.82) is 0 Å². The lowest BCUT2D eigenvalue weighted by atomic mass is 10.1. The average molecular weight is 370 g/mol. The summed E-state index contributed by atoms with van der Waals surface area (Å²) in [6, 6.07) is 17.2. The number of aromatic nitrogens is 2. The van der Waals surface area contributed by atoms with Gasteiger partial charge in [-0.25, -0.2) is 4.98 Å². The van der Waals surface area contributed by atoms with Crippen LogP contribution >= 0.6 is 15.9 Å². The molecule has 1 aromatic heterocycles. The van der Waals surface area contributed by atoms with E-state index in [2.05, 4.69) is 81.4 Å². The predicted octanol–water partition coefficient (Wildman–Crippen LogP) is 4.31. The summed E-state index contributed by atoms with van der Waals surface area (Å²) in [4.78, 5) is 6.44. The number of halogens is 1. The van der Waals surface area contributed by atoms with Crippen LogP contribution in [0.15, 0.2) is 71.7 Å². The molecule has 0 aliphatic heterocycles. The molecule has 0 unspecified atom stereocenters. The normalized spacial score (nSPS) is 11.1. The molecule has 0 saturated heterocycles. The third-order valence-electron chi connectivity index (χ3n) is 3.89. The van der Waals surface area contributed by atoms with Crippen LogP contribution in [0.25, 0.3) is 5.69 Å². The van der Waals surface area contributed by atoms with Crippen molar-refractivity contribution in [3.63, 3.8) is 0 Å². The maximum Gasteiger partial charge on any atom is 0.0991 e. The summed E-state index contributed by atoms with van der Waals surface area (Å²) in [5.41, 5.74) is 3.84. The van der Waals surface area contributed by atoms with Gasteiger partial charge in [-0.3, -0.25) is 0 Å². The largest absolute Gasteiger partial charge is 0.306 e. The summed E-state index contributed by atoms with van der Waals surface area (Å²) in [7, 11) is 2.17. The maximum atomic E-state index is 4.08. The van der Waals surface area contributed by atoms with Gasteiger partial charge in [0.2, 0.25) is 0 Å². The highest BCUT2D eigenvalue weighted by molar-refractivity contribution is 9.10. The highest BCUT2D eigenvalue weighted by Crippen LogP contribution is 2.13. The van der Waals surface area contributed by atoms with Crippen LogP contribution in [0.3, 0.4) is 0 Å². The molecule has 1 heterocycles. The van der Waals surface area contributed by atoms with E-state index in [-0.39, 0.29) is 0 Å². The van der Waals surface area contributed by atoms with Gasteiger partial charge < -0.3 is 9.47 Å². The molecule has 4 heteroatoms. The fraction of sp³-hybridized carbons (Fsp3) is 0.211. The van der Waals surface area contributed by atoms with Crippen LogP contribution in [0.5, 0.6) is 0 Å². The van der Waals surface area contributed by atoms with Crippen molar-refractivity contribution in [2.24, 2.45) is 0 Å². The number of rotatable bonds is 6. The molecule has 23 heavy (non-hydrogen) atoms. The van der Waals surface area contributed by atoms with Crippen LogP contribution in [-0.2, 0) is 13.0 Å². The number of imidazole rings is 1. The van der Waals surface area contributed by atoms with Crippen molar-refractivity contribution >= 4 is 15.9 Å². The number of hydrogen-bond acceptors (Lipinski definition) is 2. The minimum absolute atomic E-state index is 0.959. The van der Waals surface area contributed by atoms with Gasteiger partial charge in [-0.05, 0) is 48.9 Å². The Labute approximate surface area is 145 Å². The summed E-state index contributed by atoms with van der Waals surface area (Å²) >= 11 is 3.47. The van der Waals surface area contributed by atoms with Crippen molar-refractivity contribution in [2.75, 3.05) is 13.6 Å². The second-order valence-corrected chi connectivity index (χ2v) is 6.67. The Bertz CT molecular complexity index is 718. The number of nitrogens with zero attached hydrogens (tertiary/aromatic N) is 3. The van der Waals surface area contributed by atoms with Gasteiger partial charge in [0.05, 0.1) is 6.33 Å². The first kappa shape index (κ1) is 16.0. The Balaban J connectivity index is 1.53. The van der Waals surface area contributed by atoms with Gasteiger partial charge in [0.25, 0.3) is 0 Å². The molecule has 0 N–H and O–H groups in total. The minimum Gasteiger partial charge on any atom is -0.306 e. The van der Waals surface area contributed by atoms with Crippen molar-refractivity contribution in [2.45, 2.75) is 13.0 Å². The third kappa shape index (κ3) is 4.53. The molecule has 0 saturated carbocycles. The lowest BCUT2D eigenvalue weighted by Gasteiger charge is -2.17. The molecule has 0 aliphatic carbocycles. The van der Waals surface area contributed by atoms with Crippen LogP contribution in [0.4, 0.5) is 0 Å². The standard InChI is InChI=1S/C19H20BrN3/c1-22(12-10-16-2-6-18(20)7-3-16)14-17-4-8-19(9-5-17)23-13-11-21-15-23/h2-9,11,13,15H,10,12,14H2,1H3. The van der Waals surface area contributed by atoms with Gasteiger partial charge in [0.1, 0.15) is 0 Å².